The minimum Gasteiger partial charge on any atom is -0.480 e. The number of amides is 1. The maximum Gasteiger partial charge on any atom is 0.329 e. The van der Waals surface area contributed by atoms with E-state index in [0.717, 1.165) is 23.7 Å². The van der Waals surface area contributed by atoms with Crippen LogP contribution in [0.2, 0.25) is 0 Å². The predicted octanol–water partition coefficient (Wildman–Crippen LogP) is 1.35. The smallest absolute Gasteiger partial charge is 0.329 e. The molecule has 4 nitrogen and oxygen atoms in total. The van der Waals surface area contributed by atoms with Gasteiger partial charge in [-0.1, -0.05) is 0 Å². The topological polar surface area (TPSA) is 66.4 Å². The first-order valence-corrected chi connectivity index (χ1v) is 8.06. The van der Waals surface area contributed by atoms with Gasteiger partial charge in [-0.05, 0) is 19.3 Å². The number of nitrogens with one attached hydrogen (secondary N) is 1. The molecule has 2 aliphatic rings. The Morgan fingerprint density at radius 3 is 2.59 bits per heavy atom. The van der Waals surface area contributed by atoms with Crippen molar-refractivity contribution in [2.75, 3.05) is 17.3 Å². The van der Waals surface area contributed by atoms with Crippen LogP contribution in [0.1, 0.15) is 25.7 Å². The molecule has 6 heteroatoms. The number of carboxylic acids is 1. The summed E-state index contributed by atoms with van der Waals surface area (Å²) in [6, 6.07) is 0. The zero-order valence-electron chi connectivity index (χ0n) is 9.61. The van der Waals surface area contributed by atoms with Gasteiger partial charge in [0.05, 0.1) is 0 Å². The number of hydrogen-bond donors (Lipinski definition) is 2. The summed E-state index contributed by atoms with van der Waals surface area (Å²) in [6.07, 6.45) is 2.48. The van der Waals surface area contributed by atoms with Crippen LogP contribution in [-0.4, -0.2) is 45.0 Å². The third-order valence-corrected chi connectivity index (χ3v) is 6.14. The van der Waals surface area contributed by atoms with Crippen LogP contribution in [0.15, 0.2) is 0 Å². The van der Waals surface area contributed by atoms with Crippen LogP contribution in [0.5, 0.6) is 0 Å². The highest BCUT2D eigenvalue weighted by atomic mass is 32.2. The molecular formula is C11H17NO3S2. The van der Waals surface area contributed by atoms with E-state index in [2.05, 4.69) is 5.32 Å². The number of carbonyl (C=O) groups excluding carboxylic acids is 1. The van der Waals surface area contributed by atoms with Gasteiger partial charge in [0.2, 0.25) is 5.91 Å². The molecule has 0 spiro atoms. The molecule has 1 aliphatic heterocycles. The van der Waals surface area contributed by atoms with E-state index in [0.29, 0.717) is 24.5 Å². The fourth-order valence-corrected chi connectivity index (χ4v) is 4.78. The van der Waals surface area contributed by atoms with Crippen LogP contribution >= 0.6 is 23.5 Å². The van der Waals surface area contributed by atoms with Crippen molar-refractivity contribution in [3.05, 3.63) is 0 Å². The molecule has 0 aromatic carbocycles. The maximum atomic E-state index is 11.8. The van der Waals surface area contributed by atoms with Gasteiger partial charge < -0.3 is 10.4 Å². The van der Waals surface area contributed by atoms with Gasteiger partial charge >= 0.3 is 5.97 Å². The second kappa shape index (κ2) is 5.52. The van der Waals surface area contributed by atoms with Crippen LogP contribution in [-0.2, 0) is 9.59 Å². The highest BCUT2D eigenvalue weighted by Gasteiger charge is 2.45. The lowest BCUT2D eigenvalue weighted by molar-refractivity contribution is -0.151. The highest BCUT2D eigenvalue weighted by molar-refractivity contribution is 8.06. The van der Waals surface area contributed by atoms with Crippen molar-refractivity contribution in [2.24, 2.45) is 0 Å². The second-order valence-corrected chi connectivity index (χ2v) is 7.12. The predicted molar refractivity (Wildman–Crippen MR) is 70.5 cm³/mol. The molecule has 1 saturated carbocycles. The van der Waals surface area contributed by atoms with E-state index in [1.807, 2.05) is 23.5 Å². The Morgan fingerprint density at radius 1 is 1.35 bits per heavy atom. The highest BCUT2D eigenvalue weighted by Crippen LogP contribution is 2.33. The summed E-state index contributed by atoms with van der Waals surface area (Å²) in [4.78, 5) is 22.9. The van der Waals surface area contributed by atoms with E-state index in [1.54, 1.807) is 0 Å². The summed E-state index contributed by atoms with van der Waals surface area (Å²) in [7, 11) is 0. The quantitative estimate of drug-likeness (QED) is 0.810. The lowest BCUT2D eigenvalue weighted by Gasteiger charge is -2.38. The molecular weight excluding hydrogens is 258 g/mol. The van der Waals surface area contributed by atoms with E-state index in [1.165, 1.54) is 0 Å². The van der Waals surface area contributed by atoms with Crippen LogP contribution in [0.4, 0.5) is 0 Å². The van der Waals surface area contributed by atoms with E-state index in [9.17, 15) is 9.59 Å². The standard InChI is InChI=1S/C11H17NO3S2/c13-9(6-8-7-16-4-5-17-8)12-11(10(14)15)2-1-3-11/h8H,1-7H2,(H,12,13)(H,14,15). The average molecular weight is 275 g/mol. The Labute approximate surface area is 109 Å². The van der Waals surface area contributed by atoms with Crippen molar-refractivity contribution < 1.29 is 14.7 Å². The van der Waals surface area contributed by atoms with Gasteiger partial charge in [-0.2, -0.15) is 23.5 Å². The lowest BCUT2D eigenvalue weighted by Crippen LogP contribution is -2.59. The minimum absolute atomic E-state index is 0.105. The summed E-state index contributed by atoms with van der Waals surface area (Å²) in [6.45, 7) is 0. The summed E-state index contributed by atoms with van der Waals surface area (Å²) >= 11 is 3.69. The van der Waals surface area contributed by atoms with Crippen molar-refractivity contribution in [3.8, 4) is 0 Å². The molecule has 0 bridgehead atoms. The Balaban J connectivity index is 1.81. The summed E-state index contributed by atoms with van der Waals surface area (Å²) in [5.74, 6) is 2.25. The zero-order valence-corrected chi connectivity index (χ0v) is 11.2. The molecule has 0 aromatic heterocycles. The lowest BCUT2D eigenvalue weighted by atomic mass is 9.76. The molecule has 0 aromatic rings. The SMILES string of the molecule is O=C(CC1CSCCS1)NC1(C(=O)O)CCC1. The van der Waals surface area contributed by atoms with Crippen molar-refractivity contribution >= 4 is 35.4 Å². The third-order valence-electron chi connectivity index (χ3n) is 3.29. The largest absolute Gasteiger partial charge is 0.480 e. The molecule has 2 N–H and O–H groups in total. The first-order chi connectivity index (χ1) is 8.12. The van der Waals surface area contributed by atoms with Gasteiger partial charge in [0.15, 0.2) is 0 Å². The Hall–Kier alpha value is -0.360. The number of rotatable bonds is 4. The van der Waals surface area contributed by atoms with Crippen LogP contribution in [0, 0.1) is 0 Å². The fourth-order valence-electron chi connectivity index (χ4n) is 2.10. The molecule has 1 unspecified atom stereocenters. The van der Waals surface area contributed by atoms with Gasteiger partial charge in [0.1, 0.15) is 5.54 Å². The Kier molecular flexibility index (Phi) is 4.25. The first-order valence-electron chi connectivity index (χ1n) is 5.86. The number of aliphatic carboxylic acids is 1. The summed E-state index contributed by atoms with van der Waals surface area (Å²) in [5, 5.41) is 12.2. The van der Waals surface area contributed by atoms with Crippen molar-refractivity contribution in [1.82, 2.24) is 5.32 Å². The van der Waals surface area contributed by atoms with E-state index in [-0.39, 0.29) is 5.91 Å². The Morgan fingerprint density at radius 2 is 2.12 bits per heavy atom. The number of hydrogen-bond acceptors (Lipinski definition) is 4. The third kappa shape index (κ3) is 3.10. The van der Waals surface area contributed by atoms with Crippen LogP contribution < -0.4 is 5.32 Å². The molecule has 2 rings (SSSR count). The molecule has 0 radical (unpaired) electrons. The Bertz CT molecular complexity index is 312. The van der Waals surface area contributed by atoms with Gasteiger partial charge in [-0.15, -0.1) is 0 Å². The molecule has 1 amide bonds. The van der Waals surface area contributed by atoms with Crippen molar-refractivity contribution in [2.45, 2.75) is 36.5 Å². The molecule has 96 valence electrons. The van der Waals surface area contributed by atoms with Gasteiger partial charge in [-0.25, -0.2) is 4.79 Å². The van der Waals surface area contributed by atoms with E-state index in [4.69, 9.17) is 5.11 Å². The second-order valence-electron chi connectivity index (χ2n) is 4.56. The summed E-state index contributed by atoms with van der Waals surface area (Å²) in [5.41, 5.74) is -0.955. The number of carbonyl (C=O) groups is 2. The molecule has 2 fully saturated rings. The average Bonchev–Trinajstić information content (AvgIpc) is 2.24. The maximum absolute atomic E-state index is 11.8. The zero-order chi connectivity index (χ0) is 12.3. The first kappa shape index (κ1) is 13.1. The molecule has 1 saturated heterocycles. The molecule has 1 aliphatic carbocycles. The van der Waals surface area contributed by atoms with Crippen LogP contribution in [0.3, 0.4) is 0 Å². The van der Waals surface area contributed by atoms with Crippen molar-refractivity contribution in [3.63, 3.8) is 0 Å². The number of carboxylic acid groups (broad SMARTS) is 1. The number of thioether (sulfide) groups is 2. The van der Waals surface area contributed by atoms with Crippen molar-refractivity contribution in [1.29, 1.82) is 0 Å². The van der Waals surface area contributed by atoms with Gasteiger partial charge in [0.25, 0.3) is 0 Å². The fraction of sp³-hybridized carbons (Fsp3) is 0.818. The van der Waals surface area contributed by atoms with Gasteiger partial charge in [0, 0.05) is 28.9 Å². The van der Waals surface area contributed by atoms with Crippen LogP contribution in [0.25, 0.3) is 0 Å². The molecule has 1 atom stereocenters. The van der Waals surface area contributed by atoms with E-state index < -0.39 is 11.5 Å². The molecule has 1 heterocycles. The monoisotopic (exact) mass is 275 g/mol. The normalized spacial score (nSPS) is 26.9. The van der Waals surface area contributed by atoms with E-state index >= 15 is 0 Å². The van der Waals surface area contributed by atoms with Gasteiger partial charge in [-0.3, -0.25) is 4.79 Å². The minimum atomic E-state index is -0.955. The molecule has 17 heavy (non-hydrogen) atoms. The summed E-state index contributed by atoms with van der Waals surface area (Å²) < 4.78 is 0.